The lowest BCUT2D eigenvalue weighted by Gasteiger charge is -2.20. The van der Waals surface area contributed by atoms with Gasteiger partial charge in [0.05, 0.1) is 22.5 Å². The Hall–Kier alpha value is -1.87. The van der Waals surface area contributed by atoms with Gasteiger partial charge in [-0.15, -0.1) is 0 Å². The summed E-state index contributed by atoms with van der Waals surface area (Å²) in [4.78, 5) is 3.33. The lowest BCUT2D eigenvalue weighted by atomic mass is 10.2. The summed E-state index contributed by atoms with van der Waals surface area (Å²) < 4.78 is 35.0. The van der Waals surface area contributed by atoms with E-state index in [0.717, 1.165) is 27.7 Å². The van der Waals surface area contributed by atoms with E-state index < -0.39 is 10.1 Å². The van der Waals surface area contributed by atoms with E-state index in [0.29, 0.717) is 13.0 Å². The molecule has 1 aliphatic heterocycles. The molecule has 8 heteroatoms. The second kappa shape index (κ2) is 8.10. The molecule has 0 amide bonds. The molecule has 1 aromatic heterocycles. The largest absolute Gasteiger partial charge is 0.335 e. The standard InChI is InChI=1S/C21H22N2O3S3/c1-3-22-16-7-4-5-8-18(16)27-20(22)14-21-23(11-6-12-29(24,25)26)17-13-15(2)9-10-19(17)28-21/h4-5,7-10,13-14H,3,6,11-12H2,1-2H3/p+1. The molecule has 152 valence electrons. The fraction of sp³-hybridized carbons (Fsp3) is 0.286. The van der Waals surface area contributed by atoms with Crippen molar-refractivity contribution in [2.45, 2.75) is 31.7 Å². The molecule has 0 aliphatic carbocycles. The summed E-state index contributed by atoms with van der Waals surface area (Å²) in [6, 6.07) is 14.7. The van der Waals surface area contributed by atoms with Crippen molar-refractivity contribution in [1.82, 2.24) is 0 Å². The van der Waals surface area contributed by atoms with Crippen LogP contribution in [0.4, 0.5) is 5.69 Å². The van der Waals surface area contributed by atoms with E-state index in [4.69, 9.17) is 4.55 Å². The fourth-order valence-corrected chi connectivity index (χ4v) is 6.38. The Labute approximate surface area is 179 Å². The fourth-order valence-electron chi connectivity index (χ4n) is 3.55. The third kappa shape index (κ3) is 4.35. The van der Waals surface area contributed by atoms with Gasteiger partial charge in [0.15, 0.2) is 0 Å². The van der Waals surface area contributed by atoms with Crippen LogP contribution in [0.1, 0.15) is 23.9 Å². The smallest absolute Gasteiger partial charge is 0.265 e. The number of para-hydroxylation sites is 1. The zero-order chi connectivity index (χ0) is 20.6. The van der Waals surface area contributed by atoms with E-state index in [1.807, 2.05) is 0 Å². The Bertz CT molecular complexity index is 1200. The molecule has 2 aromatic carbocycles. The summed E-state index contributed by atoms with van der Waals surface area (Å²) in [6.45, 7) is 5.61. The van der Waals surface area contributed by atoms with Crippen molar-refractivity contribution in [2.24, 2.45) is 0 Å². The number of anilines is 1. The second-order valence-electron chi connectivity index (χ2n) is 7.00. The van der Waals surface area contributed by atoms with Gasteiger partial charge >= 0.3 is 0 Å². The molecule has 2 heterocycles. The van der Waals surface area contributed by atoms with Crippen LogP contribution in [0.5, 0.6) is 0 Å². The molecule has 29 heavy (non-hydrogen) atoms. The highest BCUT2D eigenvalue weighted by Crippen LogP contribution is 2.47. The van der Waals surface area contributed by atoms with Crippen molar-refractivity contribution in [3.63, 3.8) is 0 Å². The number of nitrogens with zero attached hydrogens (tertiary/aromatic N) is 2. The molecule has 0 bridgehead atoms. The topological polar surface area (TPSA) is 61.5 Å². The van der Waals surface area contributed by atoms with Crippen LogP contribution in [0.2, 0.25) is 0 Å². The molecule has 0 atom stereocenters. The van der Waals surface area contributed by atoms with Gasteiger partial charge in [-0.2, -0.15) is 13.0 Å². The minimum absolute atomic E-state index is 0.236. The van der Waals surface area contributed by atoms with Crippen LogP contribution in [0, 0.1) is 6.92 Å². The van der Waals surface area contributed by atoms with Gasteiger partial charge in [-0.25, -0.2) is 0 Å². The molecular formula is C21H23N2O3S3+. The monoisotopic (exact) mass is 447 g/mol. The molecule has 0 saturated heterocycles. The van der Waals surface area contributed by atoms with Gasteiger partial charge in [0.25, 0.3) is 15.1 Å². The lowest BCUT2D eigenvalue weighted by molar-refractivity contribution is -0.665. The maximum absolute atomic E-state index is 11.2. The van der Waals surface area contributed by atoms with Crippen LogP contribution >= 0.6 is 23.1 Å². The maximum atomic E-state index is 11.2. The van der Waals surface area contributed by atoms with Gasteiger partial charge in [-0.05, 0) is 44.0 Å². The summed E-state index contributed by atoms with van der Waals surface area (Å²) in [5.74, 6) is -0.236. The average molecular weight is 448 g/mol. The first-order valence-corrected chi connectivity index (χ1v) is 12.7. The molecule has 4 rings (SSSR count). The molecule has 5 nitrogen and oxygen atoms in total. The van der Waals surface area contributed by atoms with Crippen LogP contribution in [0.15, 0.2) is 52.4 Å². The molecule has 1 N–H and O–H groups in total. The minimum atomic E-state index is -3.96. The van der Waals surface area contributed by atoms with E-state index >= 15 is 0 Å². The first kappa shape index (κ1) is 20.4. The predicted molar refractivity (Wildman–Crippen MR) is 121 cm³/mol. The normalized spacial score (nSPS) is 15.4. The van der Waals surface area contributed by atoms with Crippen LogP contribution in [0.25, 0.3) is 16.3 Å². The molecule has 3 aromatic rings. The van der Waals surface area contributed by atoms with Gasteiger partial charge in [-0.1, -0.05) is 41.3 Å². The molecule has 0 spiro atoms. The lowest BCUT2D eigenvalue weighted by Crippen LogP contribution is -2.33. The number of thiazole rings is 1. The first-order valence-electron chi connectivity index (χ1n) is 9.50. The highest BCUT2D eigenvalue weighted by Gasteiger charge is 2.27. The van der Waals surface area contributed by atoms with E-state index in [9.17, 15) is 8.42 Å². The van der Waals surface area contributed by atoms with Gasteiger partial charge in [0.1, 0.15) is 11.2 Å². The summed E-state index contributed by atoms with van der Waals surface area (Å²) in [5.41, 5.74) is 3.48. The number of hydrogen-bond donors (Lipinski definition) is 1. The van der Waals surface area contributed by atoms with Crippen LogP contribution in [0.3, 0.4) is 0 Å². The number of aromatic nitrogens is 1. The number of thioether (sulfide) groups is 1. The van der Waals surface area contributed by atoms with Crippen molar-refractivity contribution < 1.29 is 17.5 Å². The van der Waals surface area contributed by atoms with Crippen LogP contribution in [-0.2, 0) is 16.7 Å². The molecule has 0 saturated carbocycles. The quantitative estimate of drug-likeness (QED) is 0.438. The SMILES string of the molecule is CC[n+]1c(/C=C2/Sc3ccc(C)cc3N2CCCS(=O)(=O)O)sc2ccccc21. The Kier molecular flexibility index (Phi) is 5.70. The Balaban J connectivity index is 1.73. The van der Waals surface area contributed by atoms with E-state index in [1.165, 1.54) is 15.2 Å². The number of benzene rings is 2. The number of aryl methyl sites for hydroxylation is 2. The van der Waals surface area contributed by atoms with E-state index in [2.05, 4.69) is 71.9 Å². The van der Waals surface area contributed by atoms with Gasteiger partial charge in [-0.3, -0.25) is 4.55 Å². The molecule has 0 unspecified atom stereocenters. The van der Waals surface area contributed by atoms with E-state index in [-0.39, 0.29) is 5.75 Å². The third-order valence-electron chi connectivity index (χ3n) is 4.87. The zero-order valence-electron chi connectivity index (χ0n) is 16.3. The average Bonchev–Trinajstić information content (AvgIpc) is 3.18. The van der Waals surface area contributed by atoms with Crippen molar-refractivity contribution in [2.75, 3.05) is 17.2 Å². The highest BCUT2D eigenvalue weighted by molar-refractivity contribution is 8.03. The Morgan fingerprint density at radius 2 is 2.00 bits per heavy atom. The van der Waals surface area contributed by atoms with Crippen LogP contribution < -0.4 is 9.47 Å². The Morgan fingerprint density at radius 1 is 1.21 bits per heavy atom. The zero-order valence-corrected chi connectivity index (χ0v) is 18.8. The maximum Gasteiger partial charge on any atom is 0.265 e. The van der Waals surface area contributed by atoms with Crippen molar-refractivity contribution in [3.8, 4) is 0 Å². The molecule has 0 fully saturated rings. The first-order chi connectivity index (χ1) is 13.9. The van der Waals surface area contributed by atoms with Crippen LogP contribution in [-0.4, -0.2) is 25.3 Å². The Morgan fingerprint density at radius 3 is 2.76 bits per heavy atom. The highest BCUT2D eigenvalue weighted by atomic mass is 32.2. The van der Waals surface area contributed by atoms with E-state index in [1.54, 1.807) is 23.1 Å². The summed E-state index contributed by atoms with van der Waals surface area (Å²) in [6.07, 6.45) is 2.56. The number of rotatable bonds is 6. The van der Waals surface area contributed by atoms with Crippen molar-refractivity contribution >= 4 is 55.2 Å². The molecule has 1 aliphatic rings. The summed E-state index contributed by atoms with van der Waals surface area (Å²) in [5, 5.41) is 2.25. The van der Waals surface area contributed by atoms with Crippen molar-refractivity contribution in [3.05, 3.63) is 58.1 Å². The molecular weight excluding hydrogens is 424 g/mol. The minimum Gasteiger partial charge on any atom is -0.335 e. The van der Waals surface area contributed by atoms with Gasteiger partial charge < -0.3 is 4.90 Å². The summed E-state index contributed by atoms with van der Waals surface area (Å²) >= 11 is 3.46. The summed E-state index contributed by atoms with van der Waals surface area (Å²) in [7, 11) is -3.96. The predicted octanol–water partition coefficient (Wildman–Crippen LogP) is 4.71. The third-order valence-corrected chi connectivity index (χ3v) is 7.90. The number of fused-ring (bicyclic) bond motifs is 2. The van der Waals surface area contributed by atoms with Gasteiger partial charge in [0, 0.05) is 17.5 Å². The second-order valence-corrected chi connectivity index (χ2v) is 10.7. The van der Waals surface area contributed by atoms with Crippen molar-refractivity contribution in [1.29, 1.82) is 0 Å². The van der Waals surface area contributed by atoms with Gasteiger partial charge in [0.2, 0.25) is 5.52 Å². The number of hydrogen-bond acceptors (Lipinski definition) is 5. The molecule has 0 radical (unpaired) electrons.